The van der Waals surface area contributed by atoms with E-state index in [9.17, 15) is 19.8 Å². The summed E-state index contributed by atoms with van der Waals surface area (Å²) in [7, 11) is 0. The number of rotatable bonds is 5. The minimum atomic E-state index is -0.230. The van der Waals surface area contributed by atoms with Gasteiger partial charge in [0.25, 0.3) is 0 Å². The van der Waals surface area contributed by atoms with Gasteiger partial charge in [-0.3, -0.25) is 9.59 Å². The molecule has 0 aliphatic rings. The zero-order valence-electron chi connectivity index (χ0n) is 11.9. The molecule has 0 aromatic heterocycles. The summed E-state index contributed by atoms with van der Waals surface area (Å²) in [5, 5.41) is 21.5. The fraction of sp³-hybridized carbons (Fsp3) is 0.125. The number of hydrogen-bond donors (Lipinski definition) is 3. The maximum Gasteiger partial charge on any atom is 0.221 e. The van der Waals surface area contributed by atoms with Crippen molar-refractivity contribution in [2.45, 2.75) is 11.8 Å². The number of anilines is 1. The van der Waals surface area contributed by atoms with Crippen LogP contribution in [0.3, 0.4) is 0 Å². The van der Waals surface area contributed by atoms with Gasteiger partial charge in [0.1, 0.15) is 11.5 Å². The van der Waals surface area contributed by atoms with Crippen LogP contribution in [-0.4, -0.2) is 27.7 Å². The smallest absolute Gasteiger partial charge is 0.221 e. The Kier molecular flexibility index (Phi) is 5.06. The Morgan fingerprint density at radius 2 is 1.77 bits per heavy atom. The van der Waals surface area contributed by atoms with Crippen LogP contribution in [0, 0.1) is 0 Å². The Morgan fingerprint density at radius 3 is 2.36 bits per heavy atom. The Bertz CT molecular complexity index is 698. The van der Waals surface area contributed by atoms with Gasteiger partial charge >= 0.3 is 0 Å². The number of benzene rings is 2. The van der Waals surface area contributed by atoms with Crippen LogP contribution in [0.2, 0.25) is 0 Å². The number of Topliss-reactive ketones (excluding diaryl/α,β-unsaturated/α-hetero) is 1. The van der Waals surface area contributed by atoms with Crippen molar-refractivity contribution in [3.63, 3.8) is 0 Å². The Hall–Kier alpha value is -2.47. The van der Waals surface area contributed by atoms with Crippen LogP contribution < -0.4 is 5.32 Å². The third kappa shape index (κ3) is 4.26. The summed E-state index contributed by atoms with van der Waals surface area (Å²) in [6.45, 7) is 1.44. The minimum Gasteiger partial charge on any atom is -0.508 e. The molecule has 0 aliphatic heterocycles. The Labute approximate surface area is 132 Å². The summed E-state index contributed by atoms with van der Waals surface area (Å²) in [6, 6.07) is 11.0. The molecule has 0 radical (unpaired) electrons. The monoisotopic (exact) mass is 317 g/mol. The molecule has 5 nitrogen and oxygen atoms in total. The lowest BCUT2D eigenvalue weighted by atomic mass is 10.1. The van der Waals surface area contributed by atoms with Crippen LogP contribution in [0.5, 0.6) is 11.5 Å². The van der Waals surface area contributed by atoms with Gasteiger partial charge in [-0.05, 0) is 36.4 Å². The number of aromatic hydroxyl groups is 2. The van der Waals surface area contributed by atoms with Crippen LogP contribution in [0.1, 0.15) is 17.3 Å². The largest absolute Gasteiger partial charge is 0.508 e. The van der Waals surface area contributed by atoms with Gasteiger partial charge in [0.15, 0.2) is 5.78 Å². The average molecular weight is 317 g/mol. The predicted octanol–water partition coefficient (Wildman–Crippen LogP) is 3.03. The number of thioether (sulfide) groups is 1. The van der Waals surface area contributed by atoms with Gasteiger partial charge in [0, 0.05) is 23.6 Å². The number of phenolic OH excluding ortho intramolecular Hbond substituents is 2. The van der Waals surface area contributed by atoms with Crippen molar-refractivity contribution in [1.29, 1.82) is 0 Å². The molecule has 114 valence electrons. The minimum absolute atomic E-state index is 0.0877. The van der Waals surface area contributed by atoms with Crippen molar-refractivity contribution >= 4 is 29.1 Å². The van der Waals surface area contributed by atoms with E-state index in [2.05, 4.69) is 5.32 Å². The molecule has 0 atom stereocenters. The SMILES string of the molecule is CC(=O)Nc1ccc(SCC(=O)c2ccc(O)cc2O)cc1. The summed E-state index contributed by atoms with van der Waals surface area (Å²) in [4.78, 5) is 23.8. The maximum absolute atomic E-state index is 12.0. The molecular formula is C16H15NO4S. The highest BCUT2D eigenvalue weighted by Gasteiger charge is 2.12. The zero-order chi connectivity index (χ0) is 16.1. The van der Waals surface area contributed by atoms with E-state index < -0.39 is 0 Å². The standard InChI is InChI=1S/C16H15NO4S/c1-10(18)17-11-2-5-13(6-3-11)22-9-16(21)14-7-4-12(19)8-15(14)20/h2-8,19-20H,9H2,1H3,(H,17,18). The Morgan fingerprint density at radius 1 is 1.09 bits per heavy atom. The first kappa shape index (κ1) is 15.9. The van der Waals surface area contributed by atoms with Gasteiger partial charge in [-0.25, -0.2) is 0 Å². The molecule has 2 rings (SSSR count). The molecule has 2 aromatic carbocycles. The van der Waals surface area contributed by atoms with Gasteiger partial charge in [0.05, 0.1) is 11.3 Å². The molecule has 0 spiro atoms. The first-order chi connectivity index (χ1) is 10.5. The van der Waals surface area contributed by atoms with Crippen LogP contribution in [0.15, 0.2) is 47.4 Å². The van der Waals surface area contributed by atoms with E-state index in [0.717, 1.165) is 11.0 Å². The second-order valence-electron chi connectivity index (χ2n) is 4.62. The molecule has 3 N–H and O–H groups in total. The van der Waals surface area contributed by atoms with Crippen LogP contribution in [0.25, 0.3) is 0 Å². The molecule has 0 aliphatic carbocycles. The fourth-order valence-electron chi connectivity index (χ4n) is 1.82. The third-order valence-electron chi connectivity index (χ3n) is 2.83. The molecule has 0 unspecified atom stereocenters. The van der Waals surface area contributed by atoms with Crippen molar-refractivity contribution in [1.82, 2.24) is 0 Å². The molecule has 0 fully saturated rings. The van der Waals surface area contributed by atoms with E-state index in [-0.39, 0.29) is 34.5 Å². The highest BCUT2D eigenvalue weighted by Crippen LogP contribution is 2.26. The molecule has 0 bridgehead atoms. The van der Waals surface area contributed by atoms with Crippen molar-refractivity contribution in [2.75, 3.05) is 11.1 Å². The van der Waals surface area contributed by atoms with E-state index in [4.69, 9.17) is 0 Å². The highest BCUT2D eigenvalue weighted by molar-refractivity contribution is 8.00. The van der Waals surface area contributed by atoms with E-state index >= 15 is 0 Å². The molecule has 1 amide bonds. The summed E-state index contributed by atoms with van der Waals surface area (Å²) in [5.74, 6) is -0.522. The predicted molar refractivity (Wildman–Crippen MR) is 85.6 cm³/mol. The van der Waals surface area contributed by atoms with E-state index in [1.54, 1.807) is 24.3 Å². The number of ketones is 1. The van der Waals surface area contributed by atoms with Crippen LogP contribution in [-0.2, 0) is 4.79 Å². The molecule has 0 saturated carbocycles. The molecule has 2 aromatic rings. The van der Waals surface area contributed by atoms with Gasteiger partial charge in [0.2, 0.25) is 5.91 Å². The molecule has 0 heterocycles. The van der Waals surface area contributed by atoms with Crippen molar-refractivity contribution < 1.29 is 19.8 Å². The normalized spacial score (nSPS) is 10.2. The van der Waals surface area contributed by atoms with E-state index in [1.807, 2.05) is 0 Å². The van der Waals surface area contributed by atoms with E-state index in [1.165, 1.54) is 30.8 Å². The van der Waals surface area contributed by atoms with Gasteiger partial charge in [-0.1, -0.05) is 0 Å². The fourth-order valence-corrected chi connectivity index (χ4v) is 2.60. The lowest BCUT2D eigenvalue weighted by Gasteiger charge is -2.06. The van der Waals surface area contributed by atoms with Gasteiger partial charge in [-0.15, -0.1) is 11.8 Å². The van der Waals surface area contributed by atoms with Gasteiger partial charge in [-0.2, -0.15) is 0 Å². The van der Waals surface area contributed by atoms with Crippen molar-refractivity contribution in [3.05, 3.63) is 48.0 Å². The Balaban J connectivity index is 1.97. The molecular weight excluding hydrogens is 302 g/mol. The summed E-state index contributed by atoms with van der Waals surface area (Å²) in [5.41, 5.74) is 0.875. The van der Waals surface area contributed by atoms with Crippen LogP contribution in [0.4, 0.5) is 5.69 Å². The average Bonchev–Trinajstić information content (AvgIpc) is 2.45. The highest BCUT2D eigenvalue weighted by atomic mass is 32.2. The van der Waals surface area contributed by atoms with Crippen molar-refractivity contribution in [3.8, 4) is 11.5 Å². The first-order valence-corrected chi connectivity index (χ1v) is 7.50. The number of nitrogens with one attached hydrogen (secondary N) is 1. The topological polar surface area (TPSA) is 86.6 Å². The number of hydrogen-bond acceptors (Lipinski definition) is 5. The lowest BCUT2D eigenvalue weighted by molar-refractivity contribution is -0.114. The van der Waals surface area contributed by atoms with Crippen LogP contribution >= 0.6 is 11.8 Å². The summed E-state index contributed by atoms with van der Waals surface area (Å²) in [6.07, 6.45) is 0. The lowest BCUT2D eigenvalue weighted by Crippen LogP contribution is -2.05. The molecule has 6 heteroatoms. The third-order valence-corrected chi connectivity index (χ3v) is 3.84. The maximum atomic E-state index is 12.0. The number of phenols is 2. The van der Waals surface area contributed by atoms with E-state index in [0.29, 0.717) is 5.69 Å². The second kappa shape index (κ2) is 7.00. The molecule has 22 heavy (non-hydrogen) atoms. The number of amides is 1. The quantitative estimate of drug-likeness (QED) is 0.583. The van der Waals surface area contributed by atoms with Gasteiger partial charge < -0.3 is 15.5 Å². The summed E-state index contributed by atoms with van der Waals surface area (Å²) >= 11 is 1.33. The van der Waals surface area contributed by atoms with Crippen molar-refractivity contribution in [2.24, 2.45) is 0 Å². The number of carbonyl (C=O) groups is 2. The number of carbonyl (C=O) groups excluding carboxylic acids is 2. The first-order valence-electron chi connectivity index (χ1n) is 6.51. The molecule has 0 saturated heterocycles. The zero-order valence-corrected chi connectivity index (χ0v) is 12.7. The second-order valence-corrected chi connectivity index (χ2v) is 5.67. The summed E-state index contributed by atoms with van der Waals surface area (Å²) < 4.78 is 0.